The van der Waals surface area contributed by atoms with Crippen LogP contribution in [0.2, 0.25) is 12.1 Å². The SMILES string of the molecule is CCO[Si](CCCNP(=S)(NCCC[Si](OCC)(OCC)OCC)c1ccccc1)(OCC)OCC. The summed E-state index contributed by atoms with van der Waals surface area (Å²) in [6.07, 6.45) is -0.498. The highest BCUT2D eigenvalue weighted by atomic mass is 32.4. The molecule has 0 saturated carbocycles. The molecule has 0 fully saturated rings. The van der Waals surface area contributed by atoms with Crippen LogP contribution in [0.15, 0.2) is 30.3 Å². The Morgan fingerprint density at radius 2 is 0.944 bits per heavy atom. The maximum Gasteiger partial charge on any atom is 0.500 e. The van der Waals surface area contributed by atoms with Crippen LogP contribution in [0.1, 0.15) is 54.4 Å². The molecule has 0 radical (unpaired) electrons. The zero-order valence-corrected chi connectivity index (χ0v) is 26.9. The maximum atomic E-state index is 6.21. The van der Waals surface area contributed by atoms with Gasteiger partial charge < -0.3 is 26.6 Å². The number of hydrogen-bond acceptors (Lipinski definition) is 7. The van der Waals surface area contributed by atoms with Gasteiger partial charge in [-0.3, -0.25) is 10.2 Å². The summed E-state index contributed by atoms with van der Waals surface area (Å²) in [5.41, 5.74) is 0. The zero-order valence-electron chi connectivity index (χ0n) is 23.2. The highest BCUT2D eigenvalue weighted by molar-refractivity contribution is 8.16. The van der Waals surface area contributed by atoms with Crippen LogP contribution in [0.25, 0.3) is 0 Å². The molecule has 0 aromatic heterocycles. The monoisotopic (exact) mass is 580 g/mol. The van der Waals surface area contributed by atoms with E-state index in [0.717, 1.165) is 43.3 Å². The minimum atomic E-state index is -2.67. The fraction of sp³-hybridized carbons (Fsp3) is 0.750. The molecule has 0 heterocycles. The topological polar surface area (TPSA) is 79.4 Å². The van der Waals surface area contributed by atoms with Gasteiger partial charge in [-0.25, -0.2) is 0 Å². The molecule has 0 bridgehead atoms. The molecule has 0 aliphatic heterocycles. The molecular formula is C24H49N2O6PSSi2. The summed E-state index contributed by atoms with van der Waals surface area (Å²) in [7, 11) is -5.33. The van der Waals surface area contributed by atoms with Crippen molar-refractivity contribution in [2.75, 3.05) is 52.7 Å². The second kappa shape index (κ2) is 19.1. The molecular weight excluding hydrogens is 531 g/mol. The largest absolute Gasteiger partial charge is 0.500 e. The van der Waals surface area contributed by atoms with Gasteiger partial charge in [-0.1, -0.05) is 42.1 Å². The Labute approximate surface area is 227 Å². The molecule has 0 saturated heterocycles. The summed E-state index contributed by atoms with van der Waals surface area (Å²) in [5.74, 6) is 0. The maximum absolute atomic E-state index is 6.21. The van der Waals surface area contributed by atoms with Gasteiger partial charge in [0.2, 0.25) is 0 Å². The summed E-state index contributed by atoms with van der Waals surface area (Å²) in [6, 6.07) is 11.8. The van der Waals surface area contributed by atoms with E-state index in [4.69, 9.17) is 38.4 Å². The molecule has 0 unspecified atom stereocenters. The van der Waals surface area contributed by atoms with E-state index in [9.17, 15) is 0 Å². The predicted molar refractivity (Wildman–Crippen MR) is 156 cm³/mol. The Morgan fingerprint density at radius 3 is 1.25 bits per heavy atom. The third-order valence-electron chi connectivity index (χ3n) is 5.29. The number of rotatable bonds is 23. The van der Waals surface area contributed by atoms with E-state index in [0.29, 0.717) is 39.6 Å². The van der Waals surface area contributed by atoms with Gasteiger partial charge in [0.25, 0.3) is 0 Å². The van der Waals surface area contributed by atoms with Gasteiger partial charge in [-0.15, -0.1) is 0 Å². The number of benzene rings is 1. The second-order valence-corrected chi connectivity index (χ2v) is 17.4. The molecule has 2 N–H and O–H groups in total. The molecule has 1 aromatic carbocycles. The molecule has 0 amide bonds. The normalized spacial score (nSPS) is 12.8. The van der Waals surface area contributed by atoms with Crippen molar-refractivity contribution in [3.05, 3.63) is 30.3 Å². The van der Waals surface area contributed by atoms with Crippen molar-refractivity contribution < 1.29 is 26.6 Å². The minimum absolute atomic E-state index is 0.583. The summed E-state index contributed by atoms with van der Waals surface area (Å²) in [4.78, 5) is 0. The lowest BCUT2D eigenvalue weighted by atomic mass is 10.4. The van der Waals surface area contributed by atoms with E-state index >= 15 is 0 Å². The van der Waals surface area contributed by atoms with Gasteiger partial charge in [-0.2, -0.15) is 0 Å². The van der Waals surface area contributed by atoms with Crippen molar-refractivity contribution in [1.82, 2.24) is 10.2 Å². The van der Waals surface area contributed by atoms with Crippen LogP contribution in [0.5, 0.6) is 0 Å². The highest BCUT2D eigenvalue weighted by Crippen LogP contribution is 2.35. The first-order chi connectivity index (χ1) is 17.4. The smallest absolute Gasteiger partial charge is 0.374 e. The van der Waals surface area contributed by atoms with Crippen molar-refractivity contribution in [2.24, 2.45) is 0 Å². The van der Waals surface area contributed by atoms with Crippen LogP contribution < -0.4 is 15.5 Å². The zero-order chi connectivity index (χ0) is 26.8. The van der Waals surface area contributed by atoms with Gasteiger partial charge in [0.05, 0.1) is 0 Å². The molecule has 36 heavy (non-hydrogen) atoms. The lowest BCUT2D eigenvalue weighted by Gasteiger charge is -2.30. The minimum Gasteiger partial charge on any atom is -0.374 e. The van der Waals surface area contributed by atoms with Crippen LogP contribution in [-0.4, -0.2) is 70.3 Å². The van der Waals surface area contributed by atoms with Crippen LogP contribution in [0.4, 0.5) is 0 Å². The van der Waals surface area contributed by atoms with Gasteiger partial charge >= 0.3 is 17.6 Å². The third kappa shape index (κ3) is 11.8. The summed E-state index contributed by atoms with van der Waals surface area (Å²) in [5, 5.41) is 8.46. The van der Waals surface area contributed by atoms with E-state index < -0.39 is 23.9 Å². The van der Waals surface area contributed by atoms with Crippen LogP contribution in [-0.2, 0) is 38.4 Å². The average molecular weight is 581 g/mol. The molecule has 0 aliphatic rings. The number of nitrogens with one attached hydrogen (secondary N) is 2. The molecule has 12 heteroatoms. The standard InChI is InChI=1S/C24H49N2O6PSSi2/c1-7-27-35(28-8-2,29-9-3)22-16-20-25-33(34,24-18-14-13-15-19-24)26-21-17-23-36(30-10-4,31-11-5)32-12-6/h13-15,18-19H,7-12,16-17,20-23H2,1-6H3,(H2,25,26,34). The van der Waals surface area contributed by atoms with E-state index in [1.807, 2.05) is 59.7 Å². The van der Waals surface area contributed by atoms with Crippen molar-refractivity contribution in [2.45, 2.75) is 66.5 Å². The molecule has 210 valence electrons. The molecule has 1 aromatic rings. The van der Waals surface area contributed by atoms with E-state index in [1.54, 1.807) is 0 Å². The Morgan fingerprint density at radius 1 is 0.611 bits per heavy atom. The van der Waals surface area contributed by atoms with Crippen molar-refractivity contribution >= 4 is 41.1 Å². The fourth-order valence-corrected chi connectivity index (χ4v) is 12.1. The molecule has 0 atom stereocenters. The third-order valence-corrected chi connectivity index (χ3v) is 15.4. The predicted octanol–water partition coefficient (Wildman–Crippen LogP) is 4.68. The summed E-state index contributed by atoms with van der Waals surface area (Å²) >= 11 is 6.21. The van der Waals surface area contributed by atoms with Crippen molar-refractivity contribution in [3.63, 3.8) is 0 Å². The van der Waals surface area contributed by atoms with Crippen molar-refractivity contribution in [3.8, 4) is 0 Å². The lowest BCUT2D eigenvalue weighted by Crippen LogP contribution is -2.46. The summed E-state index contributed by atoms with van der Waals surface area (Å²) in [6.45, 7) is 16.9. The van der Waals surface area contributed by atoms with Gasteiger partial charge in [0.1, 0.15) is 6.34 Å². The first-order valence-corrected chi connectivity index (χ1v) is 20.0. The van der Waals surface area contributed by atoms with Crippen molar-refractivity contribution in [1.29, 1.82) is 0 Å². The molecule has 0 aliphatic carbocycles. The average Bonchev–Trinajstić information content (AvgIpc) is 2.86. The van der Waals surface area contributed by atoms with Crippen LogP contribution in [0.3, 0.4) is 0 Å². The second-order valence-electron chi connectivity index (χ2n) is 7.93. The Bertz CT molecular complexity index is 666. The highest BCUT2D eigenvalue weighted by Gasteiger charge is 2.40. The Balaban J connectivity index is 2.81. The Kier molecular flexibility index (Phi) is 18.1. The first kappa shape index (κ1) is 34.0. The summed E-state index contributed by atoms with van der Waals surface area (Å²) < 4.78 is 36.0. The molecule has 1 rings (SSSR count). The lowest BCUT2D eigenvalue weighted by molar-refractivity contribution is 0.0701. The van der Waals surface area contributed by atoms with E-state index in [1.165, 1.54) is 0 Å². The van der Waals surface area contributed by atoms with E-state index in [-0.39, 0.29) is 0 Å². The number of hydrogen-bond donors (Lipinski definition) is 2. The van der Waals surface area contributed by atoms with Gasteiger partial charge in [0, 0.05) is 70.1 Å². The van der Waals surface area contributed by atoms with Crippen LogP contribution in [0, 0.1) is 0 Å². The van der Waals surface area contributed by atoms with Crippen LogP contribution >= 0.6 is 6.34 Å². The quantitative estimate of drug-likeness (QED) is 0.109. The molecule has 0 spiro atoms. The molecule has 8 nitrogen and oxygen atoms in total. The van der Waals surface area contributed by atoms with E-state index in [2.05, 4.69) is 22.3 Å². The Hall–Kier alpha value is -0.0162. The van der Waals surface area contributed by atoms with Gasteiger partial charge in [0.15, 0.2) is 0 Å². The van der Waals surface area contributed by atoms with Gasteiger partial charge in [-0.05, 0) is 54.4 Å². The first-order valence-electron chi connectivity index (χ1n) is 13.4. The fourth-order valence-electron chi connectivity index (χ4n) is 3.96.